The average molecular weight is 530 g/mol. The van der Waals surface area contributed by atoms with E-state index in [-0.39, 0.29) is 35.9 Å². The highest BCUT2D eigenvalue weighted by Crippen LogP contribution is 2.26. The van der Waals surface area contributed by atoms with Gasteiger partial charge in [0.1, 0.15) is 5.75 Å². The first kappa shape index (κ1) is 26.3. The molecule has 2 aromatic carbocycles. The van der Waals surface area contributed by atoms with Crippen molar-refractivity contribution < 1.29 is 18.3 Å². The standard InChI is InChI=1S/C25H26ClF2N7O2/c1-3-34(23(36)20-9-10-30-20)21-13-35(33-22(21)16-7-8-19(26)15(2)11-16)25(31-14-29)32-17-5-4-6-18(12-17)37-24(27)28/h4-8,11-12,20-21,24,30H,3,9-10,13H2,1-2H3,(H,31,32)/t20-,21-/m1/s1. The number of aliphatic imine (C=N–C) groups is 1. The van der Waals surface area contributed by atoms with Gasteiger partial charge in [-0.25, -0.2) is 10.0 Å². The fourth-order valence-electron chi connectivity index (χ4n) is 4.20. The highest BCUT2D eigenvalue weighted by Gasteiger charge is 2.39. The number of guanidine groups is 1. The summed E-state index contributed by atoms with van der Waals surface area (Å²) in [7, 11) is 0. The Kier molecular flexibility index (Phi) is 8.21. The summed E-state index contributed by atoms with van der Waals surface area (Å²) in [6.07, 6.45) is 2.61. The molecule has 1 saturated heterocycles. The third-order valence-corrected chi connectivity index (χ3v) is 6.58. The molecule has 2 aromatic rings. The molecule has 0 aliphatic carbocycles. The first-order valence-corrected chi connectivity index (χ1v) is 12.1. The van der Waals surface area contributed by atoms with Crippen LogP contribution in [0.2, 0.25) is 5.02 Å². The molecule has 2 atom stereocenters. The van der Waals surface area contributed by atoms with Gasteiger partial charge in [-0.3, -0.25) is 10.1 Å². The van der Waals surface area contributed by atoms with E-state index < -0.39 is 12.7 Å². The van der Waals surface area contributed by atoms with Gasteiger partial charge in [-0.1, -0.05) is 23.7 Å². The molecule has 0 unspecified atom stereocenters. The Labute approximate surface area is 218 Å². The Morgan fingerprint density at radius 2 is 2.19 bits per heavy atom. The number of ether oxygens (including phenoxy) is 1. The van der Waals surface area contributed by atoms with E-state index in [9.17, 15) is 18.8 Å². The van der Waals surface area contributed by atoms with Gasteiger partial charge in [0.05, 0.1) is 30.0 Å². The van der Waals surface area contributed by atoms with E-state index in [1.54, 1.807) is 17.0 Å². The van der Waals surface area contributed by atoms with Crippen LogP contribution in [0.25, 0.3) is 0 Å². The lowest BCUT2D eigenvalue weighted by Gasteiger charge is -2.36. The second-order valence-corrected chi connectivity index (χ2v) is 8.92. The Morgan fingerprint density at radius 1 is 1.41 bits per heavy atom. The van der Waals surface area contributed by atoms with E-state index in [2.05, 4.69) is 20.4 Å². The minimum absolute atomic E-state index is 0.0254. The Balaban J connectivity index is 1.72. The number of nitrogens with one attached hydrogen (secondary N) is 2. The van der Waals surface area contributed by atoms with Crippen LogP contribution < -0.4 is 15.4 Å². The molecule has 37 heavy (non-hydrogen) atoms. The highest BCUT2D eigenvalue weighted by atomic mass is 35.5. The van der Waals surface area contributed by atoms with Gasteiger partial charge >= 0.3 is 6.61 Å². The SMILES string of the molecule is CCN(C(=O)[C@H]1CCN1)[C@@H]1CN(C(=Nc2cccc(OC(F)F)c2)NC#N)N=C1c1ccc(Cl)c(C)c1. The van der Waals surface area contributed by atoms with Gasteiger partial charge in [0.2, 0.25) is 11.9 Å². The van der Waals surface area contributed by atoms with E-state index in [4.69, 9.17) is 16.7 Å². The molecular weight excluding hydrogens is 504 g/mol. The number of alkyl halides is 2. The molecule has 2 N–H and O–H groups in total. The van der Waals surface area contributed by atoms with Gasteiger partial charge in [-0.15, -0.1) is 0 Å². The molecule has 1 amide bonds. The van der Waals surface area contributed by atoms with E-state index in [0.717, 1.165) is 24.1 Å². The second kappa shape index (κ2) is 11.5. The van der Waals surface area contributed by atoms with Gasteiger partial charge in [0.15, 0.2) is 6.19 Å². The van der Waals surface area contributed by atoms with Crippen molar-refractivity contribution in [3.63, 3.8) is 0 Å². The monoisotopic (exact) mass is 529 g/mol. The summed E-state index contributed by atoms with van der Waals surface area (Å²) in [5.41, 5.74) is 2.54. The summed E-state index contributed by atoms with van der Waals surface area (Å²) >= 11 is 6.24. The summed E-state index contributed by atoms with van der Waals surface area (Å²) < 4.78 is 29.8. The topological polar surface area (TPSA) is 105 Å². The van der Waals surface area contributed by atoms with Crippen LogP contribution in [0.1, 0.15) is 24.5 Å². The van der Waals surface area contributed by atoms with Crippen LogP contribution >= 0.6 is 11.6 Å². The number of carbonyl (C=O) groups excluding carboxylic acids is 1. The first-order valence-electron chi connectivity index (χ1n) is 11.8. The minimum atomic E-state index is -2.98. The van der Waals surface area contributed by atoms with E-state index in [0.29, 0.717) is 17.3 Å². The van der Waals surface area contributed by atoms with Gasteiger partial charge in [0.25, 0.3) is 0 Å². The Bertz CT molecular complexity index is 1260. The van der Waals surface area contributed by atoms with E-state index in [1.807, 2.05) is 32.2 Å². The van der Waals surface area contributed by atoms with Gasteiger partial charge < -0.3 is 15.0 Å². The van der Waals surface area contributed by atoms with Crippen molar-refractivity contribution in [1.82, 2.24) is 20.5 Å². The molecule has 1 fully saturated rings. The molecule has 2 aliphatic heterocycles. The molecule has 0 spiro atoms. The fourth-order valence-corrected chi connectivity index (χ4v) is 4.32. The molecule has 0 aromatic heterocycles. The summed E-state index contributed by atoms with van der Waals surface area (Å²) in [6, 6.07) is 10.6. The van der Waals surface area contributed by atoms with Crippen molar-refractivity contribution in [2.75, 3.05) is 19.6 Å². The number of carbonyl (C=O) groups is 1. The number of likely N-dealkylation sites (N-methyl/N-ethyl adjacent to an activating group) is 1. The smallest absolute Gasteiger partial charge is 0.387 e. The van der Waals surface area contributed by atoms with Crippen LogP contribution in [0.4, 0.5) is 14.5 Å². The number of nitriles is 1. The van der Waals surface area contributed by atoms with Crippen molar-refractivity contribution in [2.45, 2.75) is 39.0 Å². The zero-order valence-electron chi connectivity index (χ0n) is 20.3. The van der Waals surface area contributed by atoms with Crippen LogP contribution in [-0.4, -0.2) is 65.8 Å². The number of hydrogen-bond donors (Lipinski definition) is 2. The van der Waals surface area contributed by atoms with E-state index in [1.165, 1.54) is 23.2 Å². The second-order valence-electron chi connectivity index (χ2n) is 8.51. The number of aryl methyl sites for hydroxylation is 1. The number of rotatable bonds is 7. The fraction of sp³-hybridized carbons (Fsp3) is 0.360. The number of halogens is 3. The van der Waals surface area contributed by atoms with Crippen molar-refractivity contribution in [1.29, 1.82) is 5.26 Å². The lowest BCUT2D eigenvalue weighted by Crippen LogP contribution is -2.58. The molecule has 9 nitrogen and oxygen atoms in total. The maximum atomic E-state index is 13.3. The first-order chi connectivity index (χ1) is 17.8. The number of benzene rings is 2. The quantitative estimate of drug-likeness (QED) is 0.246. The lowest BCUT2D eigenvalue weighted by atomic mass is 9.98. The Hall–Kier alpha value is -3.75. The molecule has 194 valence electrons. The van der Waals surface area contributed by atoms with Crippen molar-refractivity contribution in [3.8, 4) is 11.9 Å². The van der Waals surface area contributed by atoms with Crippen LogP contribution in [-0.2, 0) is 4.79 Å². The summed E-state index contributed by atoms with van der Waals surface area (Å²) in [5, 5.41) is 21.9. The molecule has 0 bridgehead atoms. The molecule has 0 saturated carbocycles. The molecule has 2 aliphatic rings. The van der Waals surface area contributed by atoms with Crippen LogP contribution in [0.5, 0.6) is 5.75 Å². The molecule has 2 heterocycles. The predicted molar refractivity (Wildman–Crippen MR) is 136 cm³/mol. The number of nitrogens with zero attached hydrogens (tertiary/aromatic N) is 5. The maximum absolute atomic E-state index is 13.3. The number of hydrogen-bond acceptors (Lipinski definition) is 6. The largest absolute Gasteiger partial charge is 0.435 e. The third-order valence-electron chi connectivity index (χ3n) is 6.16. The summed E-state index contributed by atoms with van der Waals surface area (Å²) in [5.74, 6) is -0.0151. The van der Waals surface area contributed by atoms with Crippen LogP contribution in [0, 0.1) is 18.4 Å². The minimum Gasteiger partial charge on any atom is -0.435 e. The Morgan fingerprint density at radius 3 is 2.81 bits per heavy atom. The third kappa shape index (κ3) is 5.98. The highest BCUT2D eigenvalue weighted by molar-refractivity contribution is 6.31. The number of hydrazone groups is 1. The van der Waals surface area contributed by atoms with Gasteiger partial charge in [-0.05, 0) is 56.6 Å². The zero-order valence-corrected chi connectivity index (χ0v) is 21.0. The number of amides is 1. The van der Waals surface area contributed by atoms with Gasteiger partial charge in [-0.2, -0.15) is 19.1 Å². The summed E-state index contributed by atoms with van der Waals surface area (Å²) in [4.78, 5) is 19.4. The lowest BCUT2D eigenvalue weighted by molar-refractivity contribution is -0.136. The van der Waals surface area contributed by atoms with Crippen molar-refractivity contribution in [2.24, 2.45) is 10.1 Å². The normalized spacial score (nSPS) is 19.2. The van der Waals surface area contributed by atoms with Crippen molar-refractivity contribution in [3.05, 3.63) is 58.6 Å². The summed E-state index contributed by atoms with van der Waals surface area (Å²) in [6.45, 7) is 2.28. The van der Waals surface area contributed by atoms with Crippen molar-refractivity contribution >= 4 is 34.9 Å². The zero-order chi connectivity index (χ0) is 26.5. The van der Waals surface area contributed by atoms with Crippen LogP contribution in [0.3, 0.4) is 0 Å². The van der Waals surface area contributed by atoms with E-state index >= 15 is 0 Å². The molecule has 12 heteroatoms. The average Bonchev–Trinajstić information content (AvgIpc) is 3.25. The van der Waals surface area contributed by atoms with Gasteiger partial charge in [0, 0.05) is 23.2 Å². The van der Waals surface area contributed by atoms with Crippen LogP contribution in [0.15, 0.2) is 52.6 Å². The molecular formula is C25H26ClF2N7O2. The molecule has 0 radical (unpaired) electrons. The molecule has 4 rings (SSSR count). The maximum Gasteiger partial charge on any atom is 0.387 e. The predicted octanol–water partition coefficient (Wildman–Crippen LogP) is 3.61.